The molecule has 0 aliphatic rings. The summed E-state index contributed by atoms with van der Waals surface area (Å²) in [6.45, 7) is 3.86. The van der Waals surface area contributed by atoms with Crippen LogP contribution in [-0.4, -0.2) is 50.5 Å². The molecule has 2 amide bonds. The van der Waals surface area contributed by atoms with Crippen LogP contribution >= 0.6 is 15.9 Å². The van der Waals surface area contributed by atoms with Gasteiger partial charge in [-0.1, -0.05) is 53.2 Å². The topological polar surface area (TPSA) is 86.8 Å². The summed E-state index contributed by atoms with van der Waals surface area (Å²) in [4.78, 5) is 27.3. The second kappa shape index (κ2) is 11.3. The van der Waals surface area contributed by atoms with Gasteiger partial charge in [-0.05, 0) is 43.2 Å². The van der Waals surface area contributed by atoms with Gasteiger partial charge in [-0.25, -0.2) is 8.42 Å². The molecule has 0 aliphatic carbocycles. The van der Waals surface area contributed by atoms with Crippen molar-refractivity contribution in [1.29, 1.82) is 0 Å². The monoisotopic (exact) mass is 509 g/mol. The lowest BCUT2D eigenvalue weighted by molar-refractivity contribution is -0.139. The third-order valence-corrected chi connectivity index (χ3v) is 6.32. The summed E-state index contributed by atoms with van der Waals surface area (Å²) in [6.07, 6.45) is 1.83. The second-order valence-corrected chi connectivity index (χ2v) is 10.0. The van der Waals surface area contributed by atoms with Crippen LogP contribution in [-0.2, 0) is 26.2 Å². The number of amides is 2. The van der Waals surface area contributed by atoms with Crippen LogP contribution < -0.4 is 9.62 Å². The molecule has 1 N–H and O–H groups in total. The third-order valence-electron chi connectivity index (χ3n) is 4.68. The molecule has 0 radical (unpaired) electrons. The highest BCUT2D eigenvalue weighted by Crippen LogP contribution is 2.19. The van der Waals surface area contributed by atoms with Crippen molar-refractivity contribution in [2.45, 2.75) is 32.9 Å². The number of anilines is 1. The van der Waals surface area contributed by atoms with Crippen molar-refractivity contribution in [2.75, 3.05) is 23.7 Å². The van der Waals surface area contributed by atoms with E-state index in [1.165, 1.54) is 4.90 Å². The maximum Gasteiger partial charge on any atom is 0.244 e. The molecule has 0 aliphatic heterocycles. The predicted octanol–water partition coefficient (Wildman–Crippen LogP) is 3.16. The molecular weight excluding hydrogens is 482 g/mol. The largest absolute Gasteiger partial charge is 0.354 e. The Morgan fingerprint density at radius 3 is 2.35 bits per heavy atom. The second-order valence-electron chi connectivity index (χ2n) is 7.22. The van der Waals surface area contributed by atoms with Crippen LogP contribution in [0.1, 0.15) is 25.8 Å². The number of hydrogen-bond acceptors (Lipinski definition) is 4. The Labute approximate surface area is 192 Å². The van der Waals surface area contributed by atoms with E-state index in [9.17, 15) is 18.0 Å². The fourth-order valence-electron chi connectivity index (χ4n) is 3.02. The van der Waals surface area contributed by atoms with Gasteiger partial charge in [0.05, 0.1) is 11.9 Å². The Bertz CT molecular complexity index is 999. The van der Waals surface area contributed by atoms with Gasteiger partial charge in [-0.3, -0.25) is 13.9 Å². The minimum atomic E-state index is -3.71. The molecule has 0 aromatic heterocycles. The van der Waals surface area contributed by atoms with E-state index < -0.39 is 28.5 Å². The first kappa shape index (κ1) is 24.9. The molecule has 2 aromatic carbocycles. The Balaban J connectivity index is 2.34. The first-order valence-corrected chi connectivity index (χ1v) is 12.6. The normalized spacial score (nSPS) is 12.1. The minimum absolute atomic E-state index is 0.172. The van der Waals surface area contributed by atoms with E-state index >= 15 is 0 Å². The fraction of sp³-hybridized carbons (Fsp3) is 0.364. The van der Waals surface area contributed by atoms with E-state index in [2.05, 4.69) is 21.2 Å². The van der Waals surface area contributed by atoms with Crippen LogP contribution in [0.4, 0.5) is 5.69 Å². The molecule has 0 spiro atoms. The Morgan fingerprint density at radius 1 is 1.10 bits per heavy atom. The van der Waals surface area contributed by atoms with Crippen molar-refractivity contribution < 1.29 is 18.0 Å². The molecule has 31 heavy (non-hydrogen) atoms. The molecule has 1 unspecified atom stereocenters. The zero-order valence-corrected chi connectivity index (χ0v) is 20.3. The van der Waals surface area contributed by atoms with Crippen molar-refractivity contribution in [3.8, 4) is 0 Å². The predicted molar refractivity (Wildman–Crippen MR) is 126 cm³/mol. The van der Waals surface area contributed by atoms with Crippen molar-refractivity contribution in [3.63, 3.8) is 0 Å². The molecule has 9 heteroatoms. The number of nitrogens with zero attached hydrogens (tertiary/aromatic N) is 2. The lowest BCUT2D eigenvalue weighted by Gasteiger charge is -2.31. The zero-order chi connectivity index (χ0) is 23.0. The molecule has 0 saturated heterocycles. The van der Waals surface area contributed by atoms with Gasteiger partial charge in [0, 0.05) is 17.6 Å². The van der Waals surface area contributed by atoms with E-state index in [0.29, 0.717) is 12.2 Å². The quantitative estimate of drug-likeness (QED) is 0.532. The molecular formula is C22H28BrN3O4S. The van der Waals surface area contributed by atoms with Gasteiger partial charge in [-0.2, -0.15) is 0 Å². The first-order valence-electron chi connectivity index (χ1n) is 9.98. The lowest BCUT2D eigenvalue weighted by Crippen LogP contribution is -2.51. The van der Waals surface area contributed by atoms with E-state index in [1.807, 2.05) is 31.2 Å². The van der Waals surface area contributed by atoms with E-state index in [-0.39, 0.29) is 12.5 Å². The fourth-order valence-corrected chi connectivity index (χ4v) is 4.31. The van der Waals surface area contributed by atoms with Gasteiger partial charge in [0.15, 0.2) is 0 Å². The van der Waals surface area contributed by atoms with Crippen LogP contribution in [0.5, 0.6) is 0 Å². The smallest absolute Gasteiger partial charge is 0.244 e. The number of benzene rings is 2. The molecule has 0 saturated carbocycles. The summed E-state index contributed by atoms with van der Waals surface area (Å²) in [5.41, 5.74) is 1.22. The zero-order valence-electron chi connectivity index (χ0n) is 17.9. The number of carbonyl (C=O) groups excluding carboxylic acids is 2. The summed E-state index contributed by atoms with van der Waals surface area (Å²) in [7, 11) is -3.71. The summed E-state index contributed by atoms with van der Waals surface area (Å²) in [5, 5.41) is 2.81. The Kier molecular flexibility index (Phi) is 9.06. The number of para-hydroxylation sites is 1. The van der Waals surface area contributed by atoms with Crippen molar-refractivity contribution in [2.24, 2.45) is 0 Å². The summed E-state index contributed by atoms with van der Waals surface area (Å²) in [6, 6.07) is 15.1. The molecule has 7 nitrogen and oxygen atoms in total. The van der Waals surface area contributed by atoms with Crippen LogP contribution in [0.15, 0.2) is 59.1 Å². The van der Waals surface area contributed by atoms with Crippen LogP contribution in [0.25, 0.3) is 0 Å². The highest BCUT2D eigenvalue weighted by molar-refractivity contribution is 9.10. The molecule has 0 bridgehead atoms. The SMILES string of the molecule is CCCNC(=O)C(C)N(Cc1cccc(Br)c1)C(=O)CN(c1ccccc1)S(C)(=O)=O. The number of nitrogens with one attached hydrogen (secondary N) is 1. The van der Waals surface area contributed by atoms with Gasteiger partial charge in [-0.15, -0.1) is 0 Å². The van der Waals surface area contributed by atoms with Gasteiger partial charge in [0.1, 0.15) is 12.6 Å². The Hall–Kier alpha value is -2.39. The van der Waals surface area contributed by atoms with Crippen LogP contribution in [0.2, 0.25) is 0 Å². The Morgan fingerprint density at radius 2 is 1.77 bits per heavy atom. The van der Waals surface area contributed by atoms with Crippen molar-refractivity contribution in [1.82, 2.24) is 10.2 Å². The lowest BCUT2D eigenvalue weighted by atomic mass is 10.1. The first-order chi connectivity index (χ1) is 14.6. The van der Waals surface area contributed by atoms with Crippen molar-refractivity contribution in [3.05, 3.63) is 64.6 Å². The van der Waals surface area contributed by atoms with Crippen molar-refractivity contribution >= 4 is 43.5 Å². The highest BCUT2D eigenvalue weighted by atomic mass is 79.9. The molecule has 1 atom stereocenters. The number of carbonyl (C=O) groups is 2. The van der Waals surface area contributed by atoms with Crippen LogP contribution in [0.3, 0.4) is 0 Å². The summed E-state index contributed by atoms with van der Waals surface area (Å²) >= 11 is 3.42. The molecule has 2 aromatic rings. The standard InChI is InChI=1S/C22H28BrN3O4S/c1-4-13-24-22(28)17(2)25(15-18-9-8-10-19(23)14-18)21(27)16-26(31(3,29)30)20-11-6-5-7-12-20/h5-12,14,17H,4,13,15-16H2,1-3H3,(H,24,28). The van der Waals surface area contributed by atoms with Gasteiger partial charge in [0.2, 0.25) is 21.8 Å². The molecule has 168 valence electrons. The van der Waals surface area contributed by atoms with E-state index in [4.69, 9.17) is 0 Å². The number of halogens is 1. The highest BCUT2D eigenvalue weighted by Gasteiger charge is 2.29. The average Bonchev–Trinajstić information content (AvgIpc) is 2.73. The average molecular weight is 510 g/mol. The van der Waals surface area contributed by atoms with Gasteiger partial charge < -0.3 is 10.2 Å². The molecule has 0 fully saturated rings. The van der Waals surface area contributed by atoms with Gasteiger partial charge in [0.25, 0.3) is 0 Å². The number of hydrogen-bond donors (Lipinski definition) is 1. The minimum Gasteiger partial charge on any atom is -0.354 e. The molecule has 0 heterocycles. The maximum absolute atomic E-state index is 13.3. The number of rotatable bonds is 10. The summed E-state index contributed by atoms with van der Waals surface area (Å²) in [5.74, 6) is -0.746. The summed E-state index contributed by atoms with van der Waals surface area (Å²) < 4.78 is 26.7. The van der Waals surface area contributed by atoms with E-state index in [1.54, 1.807) is 37.3 Å². The van der Waals surface area contributed by atoms with E-state index in [0.717, 1.165) is 27.0 Å². The maximum atomic E-state index is 13.3. The van der Waals surface area contributed by atoms with Gasteiger partial charge >= 0.3 is 0 Å². The number of sulfonamides is 1. The third kappa shape index (κ3) is 7.36. The van der Waals surface area contributed by atoms with Crippen LogP contribution in [0, 0.1) is 0 Å². The molecule has 2 rings (SSSR count).